The van der Waals surface area contributed by atoms with Crippen LogP contribution in [0.2, 0.25) is 10.0 Å². The Morgan fingerprint density at radius 1 is 1.16 bits per heavy atom. The van der Waals surface area contributed by atoms with Gasteiger partial charge in [0.1, 0.15) is 17.3 Å². The molecule has 32 heavy (non-hydrogen) atoms. The Labute approximate surface area is 195 Å². The fourth-order valence-electron chi connectivity index (χ4n) is 3.74. The number of aliphatic carboxylic acids is 1. The van der Waals surface area contributed by atoms with Crippen molar-refractivity contribution in [1.29, 1.82) is 0 Å². The number of carboxylic acid groups (broad SMARTS) is 1. The van der Waals surface area contributed by atoms with Crippen LogP contribution in [-0.4, -0.2) is 52.9 Å². The third-order valence-corrected chi connectivity index (χ3v) is 7.90. The van der Waals surface area contributed by atoms with Gasteiger partial charge in [-0.15, -0.1) is 0 Å². The van der Waals surface area contributed by atoms with Crippen molar-refractivity contribution in [2.45, 2.75) is 42.7 Å². The van der Waals surface area contributed by atoms with Gasteiger partial charge in [0.25, 0.3) is 0 Å². The van der Waals surface area contributed by atoms with Gasteiger partial charge in [-0.2, -0.15) is 4.31 Å². The normalized spacial score (nSPS) is 20.1. The first-order chi connectivity index (χ1) is 14.9. The third kappa shape index (κ3) is 5.01. The van der Waals surface area contributed by atoms with Crippen LogP contribution in [0.5, 0.6) is 5.75 Å². The molecule has 11 heteroatoms. The zero-order chi connectivity index (χ0) is 23.7. The molecule has 1 heterocycles. The van der Waals surface area contributed by atoms with Crippen molar-refractivity contribution in [2.24, 2.45) is 0 Å². The second-order valence-electron chi connectivity index (χ2n) is 7.79. The molecule has 3 N–H and O–H groups in total. The molecule has 8 nitrogen and oxygen atoms in total. The number of hydrogen-bond donors (Lipinski definition) is 3. The van der Waals surface area contributed by atoms with E-state index in [4.69, 9.17) is 23.2 Å². The molecule has 1 amide bonds. The molecule has 172 valence electrons. The minimum Gasteiger partial charge on any atom is -0.508 e. The van der Waals surface area contributed by atoms with E-state index in [1.54, 1.807) is 12.1 Å². The Hall–Kier alpha value is -2.33. The monoisotopic (exact) mass is 500 g/mol. The van der Waals surface area contributed by atoms with E-state index in [2.05, 4.69) is 5.32 Å². The Morgan fingerprint density at radius 3 is 2.31 bits per heavy atom. The quantitative estimate of drug-likeness (QED) is 0.536. The van der Waals surface area contributed by atoms with Crippen molar-refractivity contribution < 1.29 is 28.2 Å². The molecular weight excluding hydrogens is 479 g/mol. The molecule has 0 aliphatic carbocycles. The topological polar surface area (TPSA) is 124 Å². The second kappa shape index (κ2) is 9.27. The summed E-state index contributed by atoms with van der Waals surface area (Å²) in [5.41, 5.74) is -0.902. The van der Waals surface area contributed by atoms with E-state index < -0.39 is 33.5 Å². The van der Waals surface area contributed by atoms with Crippen molar-refractivity contribution in [1.82, 2.24) is 9.62 Å². The number of halogens is 2. The maximum absolute atomic E-state index is 13.3. The molecule has 0 bridgehead atoms. The fourth-order valence-corrected chi connectivity index (χ4v) is 6.27. The number of nitrogens with one attached hydrogen (secondary N) is 1. The smallest absolute Gasteiger partial charge is 0.326 e. The molecule has 2 atom stereocenters. The van der Waals surface area contributed by atoms with Crippen LogP contribution in [0.1, 0.15) is 25.3 Å². The molecule has 2 aromatic rings. The van der Waals surface area contributed by atoms with Crippen molar-refractivity contribution >= 4 is 45.1 Å². The summed E-state index contributed by atoms with van der Waals surface area (Å²) in [5.74, 6) is -1.94. The van der Waals surface area contributed by atoms with Crippen LogP contribution in [0.4, 0.5) is 0 Å². The largest absolute Gasteiger partial charge is 0.508 e. The number of hydrogen-bond acceptors (Lipinski definition) is 5. The van der Waals surface area contributed by atoms with Gasteiger partial charge in [0.2, 0.25) is 15.9 Å². The lowest BCUT2D eigenvalue weighted by Crippen LogP contribution is -2.58. The number of aromatic hydroxyl groups is 1. The summed E-state index contributed by atoms with van der Waals surface area (Å²) in [7, 11) is -4.13. The van der Waals surface area contributed by atoms with Crippen LogP contribution in [0.15, 0.2) is 47.4 Å². The first-order valence-electron chi connectivity index (χ1n) is 9.74. The van der Waals surface area contributed by atoms with Crippen molar-refractivity contribution in [3.8, 4) is 5.75 Å². The molecular formula is C21H22Cl2N2O6S. The van der Waals surface area contributed by atoms with E-state index in [9.17, 15) is 28.2 Å². The number of nitrogens with zero attached hydrogens (tertiary/aromatic N) is 1. The van der Waals surface area contributed by atoms with Gasteiger partial charge in [-0.25, -0.2) is 13.2 Å². The minimum absolute atomic E-state index is 0.0325. The van der Waals surface area contributed by atoms with Gasteiger partial charge in [0.15, 0.2) is 0 Å². The molecule has 0 spiro atoms. The Bertz CT molecular complexity index is 1120. The summed E-state index contributed by atoms with van der Waals surface area (Å²) in [5, 5.41) is 21.8. The van der Waals surface area contributed by atoms with Crippen LogP contribution >= 0.6 is 23.2 Å². The fraction of sp³-hybridized carbons (Fsp3) is 0.333. The van der Waals surface area contributed by atoms with Crippen LogP contribution in [0.3, 0.4) is 0 Å². The van der Waals surface area contributed by atoms with Crippen LogP contribution in [0, 0.1) is 0 Å². The summed E-state index contributed by atoms with van der Waals surface area (Å²) in [4.78, 5) is 24.8. The first kappa shape index (κ1) is 24.3. The van der Waals surface area contributed by atoms with Gasteiger partial charge < -0.3 is 15.5 Å². The van der Waals surface area contributed by atoms with Gasteiger partial charge >= 0.3 is 5.97 Å². The van der Waals surface area contributed by atoms with Crippen LogP contribution in [0.25, 0.3) is 0 Å². The number of carbonyl (C=O) groups is 2. The Kier molecular flexibility index (Phi) is 7.04. The SMILES string of the molecule is C[C@@]1(C(=O)NC(Cc2ccc(O)cc2)C(=O)O)CCCN1S(=O)(=O)c1cc(Cl)cc(Cl)c1. The van der Waals surface area contributed by atoms with Gasteiger partial charge in [0, 0.05) is 23.0 Å². The summed E-state index contributed by atoms with van der Waals surface area (Å²) < 4.78 is 27.6. The van der Waals surface area contributed by atoms with Crippen molar-refractivity contribution in [3.63, 3.8) is 0 Å². The molecule has 1 aliphatic rings. The molecule has 0 saturated carbocycles. The number of phenolic OH excluding ortho intramolecular Hbond substituents is 1. The lowest BCUT2D eigenvalue weighted by molar-refractivity contribution is -0.143. The summed E-state index contributed by atoms with van der Waals surface area (Å²) in [6.45, 7) is 1.56. The minimum atomic E-state index is -4.13. The predicted molar refractivity (Wildman–Crippen MR) is 119 cm³/mol. The zero-order valence-electron chi connectivity index (χ0n) is 17.1. The van der Waals surface area contributed by atoms with Crippen LogP contribution < -0.4 is 5.32 Å². The first-order valence-corrected chi connectivity index (χ1v) is 11.9. The Balaban J connectivity index is 1.86. The maximum Gasteiger partial charge on any atom is 0.326 e. The predicted octanol–water partition coefficient (Wildman–Crippen LogP) is 3.05. The van der Waals surface area contributed by atoms with Crippen LogP contribution in [-0.2, 0) is 26.0 Å². The molecule has 3 rings (SSSR count). The molecule has 0 radical (unpaired) electrons. The van der Waals surface area contributed by atoms with E-state index in [0.717, 1.165) is 4.31 Å². The lowest BCUT2D eigenvalue weighted by Gasteiger charge is -2.34. The highest BCUT2D eigenvalue weighted by atomic mass is 35.5. The van der Waals surface area contributed by atoms with Gasteiger partial charge in [-0.1, -0.05) is 35.3 Å². The number of carboxylic acids is 1. The molecule has 1 fully saturated rings. The maximum atomic E-state index is 13.3. The van der Waals surface area contributed by atoms with Crippen molar-refractivity contribution in [3.05, 3.63) is 58.1 Å². The number of carbonyl (C=O) groups excluding carboxylic acids is 1. The average Bonchev–Trinajstić information content (AvgIpc) is 3.12. The lowest BCUT2D eigenvalue weighted by atomic mass is 9.97. The number of amides is 1. The highest BCUT2D eigenvalue weighted by Crippen LogP contribution is 2.36. The van der Waals surface area contributed by atoms with Gasteiger partial charge in [-0.05, 0) is 55.7 Å². The highest BCUT2D eigenvalue weighted by Gasteiger charge is 2.50. The zero-order valence-corrected chi connectivity index (χ0v) is 19.4. The van der Waals surface area contributed by atoms with E-state index >= 15 is 0 Å². The second-order valence-corrected chi connectivity index (χ2v) is 10.5. The van der Waals surface area contributed by atoms with E-state index in [1.165, 1.54) is 37.3 Å². The van der Waals surface area contributed by atoms with Gasteiger partial charge in [0.05, 0.1) is 4.90 Å². The summed E-state index contributed by atoms with van der Waals surface area (Å²) in [6.07, 6.45) is 0.610. The standard InChI is InChI=1S/C21H22Cl2N2O6S/c1-21(20(29)24-18(19(27)28)9-13-3-5-16(26)6-4-13)7-2-8-25(21)32(30,31)17-11-14(22)10-15(23)12-17/h3-6,10-12,18,26H,2,7-9H2,1H3,(H,24,29)(H,27,28)/t18?,21-/m0/s1. The molecule has 2 aromatic carbocycles. The molecule has 1 saturated heterocycles. The number of phenols is 1. The number of benzene rings is 2. The Morgan fingerprint density at radius 2 is 1.75 bits per heavy atom. The number of rotatable bonds is 7. The summed E-state index contributed by atoms with van der Waals surface area (Å²) in [6, 6.07) is 8.56. The van der Waals surface area contributed by atoms with E-state index in [0.29, 0.717) is 12.0 Å². The van der Waals surface area contributed by atoms with E-state index in [-0.39, 0.29) is 40.1 Å². The number of sulfonamides is 1. The molecule has 0 aromatic heterocycles. The summed E-state index contributed by atoms with van der Waals surface area (Å²) >= 11 is 11.9. The molecule has 1 unspecified atom stereocenters. The highest BCUT2D eigenvalue weighted by molar-refractivity contribution is 7.89. The molecule has 1 aliphatic heterocycles. The van der Waals surface area contributed by atoms with E-state index in [1.807, 2.05) is 0 Å². The van der Waals surface area contributed by atoms with Crippen molar-refractivity contribution in [2.75, 3.05) is 6.54 Å². The third-order valence-electron chi connectivity index (χ3n) is 5.47. The average molecular weight is 501 g/mol. The van der Waals surface area contributed by atoms with Gasteiger partial charge in [-0.3, -0.25) is 4.79 Å².